The Balaban J connectivity index is 1.11. The number of nitriles is 1. The highest BCUT2D eigenvalue weighted by molar-refractivity contribution is 7.80. The highest BCUT2D eigenvalue weighted by Gasteiger charge is 2.50. The maximum absolute atomic E-state index is 9.08. The number of aromatic nitrogens is 4. The van der Waals surface area contributed by atoms with Gasteiger partial charge in [-0.1, -0.05) is 11.2 Å². The maximum Gasteiger partial charge on any atom is 0.341 e. The van der Waals surface area contributed by atoms with Crippen molar-refractivity contribution in [1.82, 2.24) is 25.5 Å². The van der Waals surface area contributed by atoms with Crippen molar-refractivity contribution < 1.29 is 23.7 Å². The molecule has 6 rings (SSSR count). The molecule has 35 heavy (non-hydrogen) atoms. The summed E-state index contributed by atoms with van der Waals surface area (Å²) in [6.07, 6.45) is -0.549. The molecule has 3 aromatic rings. The largest absolute Gasteiger partial charge is 0.454 e. The van der Waals surface area contributed by atoms with Gasteiger partial charge in [0, 0.05) is 11.8 Å². The number of thiocarbonyl (C=S) groups is 1. The molecule has 3 aliphatic heterocycles. The minimum atomic E-state index is -0.292. The molecule has 1 aromatic heterocycles. The molecule has 0 amide bonds. The highest BCUT2D eigenvalue weighted by atomic mass is 32.1. The maximum atomic E-state index is 9.08. The van der Waals surface area contributed by atoms with E-state index in [1.165, 1.54) is 0 Å². The van der Waals surface area contributed by atoms with E-state index >= 15 is 0 Å². The minimum absolute atomic E-state index is 0.168. The first-order valence-corrected chi connectivity index (χ1v) is 11.2. The molecule has 2 N–H and O–H groups in total. The summed E-state index contributed by atoms with van der Waals surface area (Å²) in [4.78, 5) is 0. The third-order valence-electron chi connectivity index (χ3n) is 5.92. The van der Waals surface area contributed by atoms with Crippen LogP contribution in [0.3, 0.4) is 0 Å². The monoisotopic (exact) mass is 493 g/mol. The molecule has 13 heteroatoms. The first-order chi connectivity index (χ1) is 17.2. The second-order valence-electron chi connectivity index (χ2n) is 8.08. The summed E-state index contributed by atoms with van der Waals surface area (Å²) in [7, 11) is 0. The number of rotatable bonds is 5. The molecule has 0 bridgehead atoms. The van der Waals surface area contributed by atoms with Crippen LogP contribution in [-0.2, 0) is 9.47 Å². The molecule has 2 aromatic carbocycles. The van der Waals surface area contributed by atoms with E-state index in [1.54, 1.807) is 41.1 Å². The van der Waals surface area contributed by atoms with Crippen LogP contribution in [0.5, 0.6) is 23.3 Å². The normalized spacial score (nSPS) is 24.0. The molecule has 4 heterocycles. The van der Waals surface area contributed by atoms with Crippen molar-refractivity contribution in [3.63, 3.8) is 0 Å². The van der Waals surface area contributed by atoms with Gasteiger partial charge in [-0.2, -0.15) is 9.94 Å². The van der Waals surface area contributed by atoms with E-state index < -0.39 is 0 Å². The molecule has 178 valence electrons. The lowest BCUT2D eigenvalue weighted by atomic mass is 10.1. The number of fused-ring (bicyclic) bond motifs is 2. The molecule has 4 atom stereocenters. The van der Waals surface area contributed by atoms with Crippen molar-refractivity contribution in [2.75, 3.05) is 25.3 Å². The number of anilines is 1. The average Bonchev–Trinajstić information content (AvgIpc) is 3.65. The molecular formula is C22H19N7O5S. The molecule has 0 aliphatic carbocycles. The summed E-state index contributed by atoms with van der Waals surface area (Å²) in [5, 5.41) is 27.8. The lowest BCUT2D eigenvalue weighted by Crippen LogP contribution is -2.45. The summed E-state index contributed by atoms with van der Waals surface area (Å²) in [5.74, 6) is 1.78. The second kappa shape index (κ2) is 8.99. The summed E-state index contributed by atoms with van der Waals surface area (Å²) in [6, 6.07) is 14.2. The molecule has 0 spiro atoms. The van der Waals surface area contributed by atoms with Crippen molar-refractivity contribution >= 4 is 23.0 Å². The number of nitrogens with one attached hydrogen (secondary N) is 2. The van der Waals surface area contributed by atoms with Gasteiger partial charge in [0.05, 0.1) is 30.9 Å². The van der Waals surface area contributed by atoms with Crippen LogP contribution in [-0.4, -0.2) is 63.6 Å². The van der Waals surface area contributed by atoms with Crippen LogP contribution in [0.15, 0.2) is 42.5 Å². The molecule has 0 radical (unpaired) electrons. The Bertz CT molecular complexity index is 1310. The number of nitrogens with zero attached hydrogens (tertiary/aromatic N) is 5. The van der Waals surface area contributed by atoms with Gasteiger partial charge in [-0.3, -0.25) is 0 Å². The fourth-order valence-corrected chi connectivity index (χ4v) is 4.59. The Kier molecular flexibility index (Phi) is 5.53. The zero-order valence-corrected chi connectivity index (χ0v) is 19.0. The van der Waals surface area contributed by atoms with Crippen molar-refractivity contribution in [3.8, 4) is 29.3 Å². The Morgan fingerprint density at radius 3 is 2.91 bits per heavy atom. The SMILES string of the molecule is N#Cc1cccc(NC(=S)N[C@H]2CO[C@H]3[C@@H]2OC[C@@H]3n2nnnc2Oc2ccc3c(c2)OCO3)c1. The number of benzene rings is 2. The van der Waals surface area contributed by atoms with E-state index in [9.17, 15) is 0 Å². The van der Waals surface area contributed by atoms with Gasteiger partial charge in [0.15, 0.2) is 16.6 Å². The summed E-state index contributed by atoms with van der Waals surface area (Å²) < 4.78 is 30.3. The molecule has 0 unspecified atom stereocenters. The van der Waals surface area contributed by atoms with Crippen LogP contribution in [0.2, 0.25) is 0 Å². The smallest absolute Gasteiger partial charge is 0.341 e. The standard InChI is InChI=1S/C22H19N7O5S/c23-8-12-2-1-3-13(6-12)24-21(35)25-15-9-30-20-16(10-31-19(15)20)29-22(26-27-28-29)34-14-4-5-17-18(7-14)33-11-32-17/h1-7,15-16,19-20H,9-11H2,(H2,24,25,35)/t15-,16-,19+,20+/m0/s1. The Hall–Kier alpha value is -3.99. The quantitative estimate of drug-likeness (QED) is 0.501. The third-order valence-corrected chi connectivity index (χ3v) is 6.14. The van der Waals surface area contributed by atoms with E-state index in [-0.39, 0.29) is 37.1 Å². The fraction of sp³-hybridized carbons (Fsp3) is 0.318. The van der Waals surface area contributed by atoms with Crippen LogP contribution in [0, 0.1) is 11.3 Å². The van der Waals surface area contributed by atoms with E-state index in [0.29, 0.717) is 41.1 Å². The second-order valence-corrected chi connectivity index (χ2v) is 8.49. The van der Waals surface area contributed by atoms with Gasteiger partial charge in [-0.15, -0.1) is 0 Å². The van der Waals surface area contributed by atoms with E-state index in [2.05, 4.69) is 32.2 Å². The zero-order valence-electron chi connectivity index (χ0n) is 18.2. The lowest BCUT2D eigenvalue weighted by molar-refractivity contribution is 0.0615. The highest BCUT2D eigenvalue weighted by Crippen LogP contribution is 2.38. The van der Waals surface area contributed by atoms with Crippen LogP contribution >= 0.6 is 12.2 Å². The van der Waals surface area contributed by atoms with Gasteiger partial charge >= 0.3 is 6.01 Å². The Morgan fingerprint density at radius 2 is 2.00 bits per heavy atom. The predicted molar refractivity (Wildman–Crippen MR) is 123 cm³/mol. The van der Waals surface area contributed by atoms with Gasteiger partial charge in [0.2, 0.25) is 6.79 Å². The van der Waals surface area contributed by atoms with E-state index in [1.807, 2.05) is 6.07 Å². The number of hydrogen-bond acceptors (Lipinski definition) is 10. The van der Waals surface area contributed by atoms with Gasteiger partial charge in [0.1, 0.15) is 24.0 Å². The molecule has 2 saturated heterocycles. The Labute approximate surface area is 204 Å². The molecule has 2 fully saturated rings. The molecule has 12 nitrogen and oxygen atoms in total. The van der Waals surface area contributed by atoms with Gasteiger partial charge < -0.3 is 34.3 Å². The zero-order chi connectivity index (χ0) is 23.8. The summed E-state index contributed by atoms with van der Waals surface area (Å²) in [5.41, 5.74) is 1.27. The van der Waals surface area contributed by atoms with E-state index in [0.717, 1.165) is 5.69 Å². The third kappa shape index (κ3) is 4.18. The van der Waals surface area contributed by atoms with Crippen molar-refractivity contribution in [3.05, 3.63) is 48.0 Å². The summed E-state index contributed by atoms with van der Waals surface area (Å²) >= 11 is 5.46. The van der Waals surface area contributed by atoms with Crippen LogP contribution in [0.25, 0.3) is 0 Å². The topological polar surface area (TPSA) is 138 Å². The summed E-state index contributed by atoms with van der Waals surface area (Å²) in [6.45, 7) is 0.920. The molecular weight excluding hydrogens is 474 g/mol. The number of tetrazole rings is 1. The van der Waals surface area contributed by atoms with Gasteiger partial charge in [-0.05, 0) is 53.0 Å². The van der Waals surface area contributed by atoms with Crippen LogP contribution < -0.4 is 24.8 Å². The number of hydrogen-bond donors (Lipinski definition) is 2. The van der Waals surface area contributed by atoms with Gasteiger partial charge in [0.25, 0.3) is 0 Å². The van der Waals surface area contributed by atoms with Crippen molar-refractivity contribution in [1.29, 1.82) is 5.26 Å². The lowest BCUT2D eigenvalue weighted by Gasteiger charge is -2.20. The predicted octanol–water partition coefficient (Wildman–Crippen LogP) is 1.76. The Morgan fingerprint density at radius 1 is 1.11 bits per heavy atom. The fourth-order valence-electron chi connectivity index (χ4n) is 4.32. The average molecular weight is 494 g/mol. The van der Waals surface area contributed by atoms with Gasteiger partial charge in [-0.25, -0.2) is 0 Å². The first kappa shape index (κ1) is 21.5. The van der Waals surface area contributed by atoms with E-state index in [4.69, 9.17) is 41.2 Å². The van der Waals surface area contributed by atoms with Crippen molar-refractivity contribution in [2.45, 2.75) is 24.3 Å². The number of ether oxygens (including phenoxy) is 5. The van der Waals surface area contributed by atoms with Crippen molar-refractivity contribution in [2.24, 2.45) is 0 Å². The minimum Gasteiger partial charge on any atom is -0.454 e. The first-order valence-electron chi connectivity index (χ1n) is 10.8. The molecule has 0 saturated carbocycles. The van der Waals surface area contributed by atoms with Crippen LogP contribution in [0.4, 0.5) is 5.69 Å². The van der Waals surface area contributed by atoms with Crippen LogP contribution in [0.1, 0.15) is 11.6 Å². The molecule has 3 aliphatic rings.